The lowest BCUT2D eigenvalue weighted by Crippen LogP contribution is -2.17. The number of benzene rings is 1. The van der Waals surface area contributed by atoms with E-state index >= 15 is 0 Å². The average molecular weight is 319 g/mol. The van der Waals surface area contributed by atoms with E-state index < -0.39 is 17.2 Å². The van der Waals surface area contributed by atoms with Gasteiger partial charge in [0.2, 0.25) is 0 Å². The Morgan fingerprint density at radius 3 is 2.41 bits per heavy atom. The van der Waals surface area contributed by atoms with Crippen LogP contribution in [-0.2, 0) is 7.05 Å². The van der Waals surface area contributed by atoms with E-state index in [1.54, 1.807) is 12.4 Å². The first kappa shape index (κ1) is 14.6. The fourth-order valence-corrected chi connectivity index (χ4v) is 2.48. The molecule has 0 radical (unpaired) electrons. The second kappa shape index (κ2) is 5.49. The molecule has 1 aromatic carbocycles. The van der Waals surface area contributed by atoms with Crippen molar-refractivity contribution < 1.29 is 8.78 Å². The third kappa shape index (κ3) is 2.37. The maximum absolute atomic E-state index is 14.3. The van der Waals surface area contributed by atoms with Gasteiger partial charge in [-0.25, -0.2) is 18.7 Å². The van der Waals surface area contributed by atoms with E-state index in [4.69, 9.17) is 0 Å². The van der Waals surface area contributed by atoms with Crippen molar-refractivity contribution in [2.75, 3.05) is 6.26 Å². The van der Waals surface area contributed by atoms with Crippen molar-refractivity contribution in [2.24, 2.45) is 7.05 Å². The number of hydrogen-bond donors (Lipinski definition) is 0. The standard InChI is InChI=1S/C15H11F2N3OS/c1-20-7-13(17)9-3-11(12(16)4-10(9)15(20)21)14-18-5-8(22-2)6-19-14/h3-7H,1-2H3. The predicted molar refractivity (Wildman–Crippen MR) is 81.9 cm³/mol. The fourth-order valence-electron chi connectivity index (χ4n) is 2.17. The van der Waals surface area contributed by atoms with Gasteiger partial charge in [0.05, 0.1) is 10.9 Å². The van der Waals surface area contributed by atoms with Crippen molar-refractivity contribution in [2.45, 2.75) is 4.90 Å². The molecule has 3 aromatic rings. The first-order valence-electron chi connectivity index (χ1n) is 6.36. The van der Waals surface area contributed by atoms with E-state index in [0.717, 1.165) is 21.7 Å². The van der Waals surface area contributed by atoms with Gasteiger partial charge in [-0.15, -0.1) is 11.8 Å². The second-order valence-electron chi connectivity index (χ2n) is 4.72. The van der Waals surface area contributed by atoms with Gasteiger partial charge >= 0.3 is 0 Å². The normalized spacial score (nSPS) is 11.1. The molecule has 0 N–H and O–H groups in total. The van der Waals surface area contributed by atoms with Crippen LogP contribution in [0.5, 0.6) is 0 Å². The summed E-state index contributed by atoms with van der Waals surface area (Å²) in [5.74, 6) is -1.11. The summed E-state index contributed by atoms with van der Waals surface area (Å²) in [4.78, 5) is 21.0. The van der Waals surface area contributed by atoms with Crippen molar-refractivity contribution >= 4 is 22.5 Å². The summed E-state index contributed by atoms with van der Waals surface area (Å²) in [5.41, 5.74) is -0.396. The van der Waals surface area contributed by atoms with Crippen LogP contribution in [0, 0.1) is 11.6 Å². The van der Waals surface area contributed by atoms with Gasteiger partial charge in [0.25, 0.3) is 5.56 Å². The zero-order valence-electron chi connectivity index (χ0n) is 11.8. The highest BCUT2D eigenvalue weighted by Crippen LogP contribution is 2.26. The molecule has 112 valence electrons. The molecule has 7 heteroatoms. The molecule has 0 saturated carbocycles. The Kier molecular flexibility index (Phi) is 3.66. The van der Waals surface area contributed by atoms with Gasteiger partial charge in [0.15, 0.2) is 5.82 Å². The highest BCUT2D eigenvalue weighted by molar-refractivity contribution is 7.98. The van der Waals surface area contributed by atoms with Crippen molar-refractivity contribution in [1.82, 2.24) is 14.5 Å². The Hall–Kier alpha value is -2.28. The SMILES string of the molecule is CSc1cnc(-c2cc3c(F)cn(C)c(=O)c3cc2F)nc1. The molecule has 0 fully saturated rings. The summed E-state index contributed by atoms with van der Waals surface area (Å²) >= 11 is 1.46. The summed E-state index contributed by atoms with van der Waals surface area (Å²) in [6.07, 6.45) is 6.08. The molecule has 2 aromatic heterocycles. The van der Waals surface area contributed by atoms with Crippen LogP contribution in [0.25, 0.3) is 22.2 Å². The van der Waals surface area contributed by atoms with Gasteiger partial charge in [0, 0.05) is 35.9 Å². The third-order valence-electron chi connectivity index (χ3n) is 3.33. The van der Waals surface area contributed by atoms with Crippen molar-refractivity contribution in [3.8, 4) is 11.4 Å². The molecule has 0 saturated heterocycles. The van der Waals surface area contributed by atoms with Gasteiger partial charge in [0.1, 0.15) is 11.6 Å². The number of aryl methyl sites for hydroxylation is 1. The fraction of sp³-hybridized carbons (Fsp3) is 0.133. The largest absolute Gasteiger partial charge is 0.315 e. The van der Waals surface area contributed by atoms with Crippen LogP contribution in [0.1, 0.15) is 0 Å². The molecule has 4 nitrogen and oxygen atoms in total. The highest BCUT2D eigenvalue weighted by atomic mass is 32.2. The van der Waals surface area contributed by atoms with Crippen LogP contribution in [-0.4, -0.2) is 20.8 Å². The lowest BCUT2D eigenvalue weighted by molar-refractivity contribution is 0.615. The maximum Gasteiger partial charge on any atom is 0.258 e. The maximum atomic E-state index is 14.3. The van der Waals surface area contributed by atoms with Gasteiger partial charge < -0.3 is 4.57 Å². The number of halogens is 2. The number of fused-ring (bicyclic) bond motifs is 1. The van der Waals surface area contributed by atoms with E-state index in [1.807, 2.05) is 6.26 Å². The minimum atomic E-state index is -0.660. The monoisotopic (exact) mass is 319 g/mol. The Bertz CT molecular complexity index is 923. The first-order valence-corrected chi connectivity index (χ1v) is 7.58. The second-order valence-corrected chi connectivity index (χ2v) is 5.60. The number of hydrogen-bond acceptors (Lipinski definition) is 4. The van der Waals surface area contributed by atoms with Gasteiger partial charge in [-0.05, 0) is 18.4 Å². The van der Waals surface area contributed by atoms with Crippen molar-refractivity contribution in [1.29, 1.82) is 0 Å². The van der Waals surface area contributed by atoms with Gasteiger partial charge in [-0.3, -0.25) is 4.79 Å². The smallest absolute Gasteiger partial charge is 0.258 e. The van der Waals surface area contributed by atoms with E-state index in [0.29, 0.717) is 0 Å². The number of nitrogens with zero attached hydrogens (tertiary/aromatic N) is 3. The van der Waals surface area contributed by atoms with E-state index in [1.165, 1.54) is 24.9 Å². The van der Waals surface area contributed by atoms with Crippen LogP contribution in [0.2, 0.25) is 0 Å². The lowest BCUT2D eigenvalue weighted by Gasteiger charge is -2.07. The molecule has 0 spiro atoms. The molecule has 0 aliphatic carbocycles. The third-order valence-corrected chi connectivity index (χ3v) is 4.01. The topological polar surface area (TPSA) is 47.8 Å². The summed E-state index contributed by atoms with van der Waals surface area (Å²) in [6.45, 7) is 0. The molecule has 2 heterocycles. The Balaban J connectivity index is 2.27. The quantitative estimate of drug-likeness (QED) is 0.681. The molecule has 0 aliphatic rings. The Morgan fingerprint density at radius 2 is 1.77 bits per heavy atom. The van der Waals surface area contributed by atoms with Gasteiger partial charge in [-0.2, -0.15) is 0 Å². The van der Waals surface area contributed by atoms with Crippen LogP contribution in [0.3, 0.4) is 0 Å². The number of thioether (sulfide) groups is 1. The summed E-state index contributed by atoms with van der Waals surface area (Å²) < 4.78 is 29.4. The molecular weight excluding hydrogens is 308 g/mol. The number of pyridine rings is 1. The van der Waals surface area contributed by atoms with Crippen LogP contribution in [0.4, 0.5) is 8.78 Å². The van der Waals surface area contributed by atoms with Crippen LogP contribution < -0.4 is 5.56 Å². The molecular formula is C15H11F2N3OS. The predicted octanol–water partition coefficient (Wildman–Crippen LogP) is 3.00. The number of aromatic nitrogens is 3. The van der Waals surface area contributed by atoms with Crippen molar-refractivity contribution in [3.63, 3.8) is 0 Å². The van der Waals surface area contributed by atoms with Crippen molar-refractivity contribution in [3.05, 3.63) is 52.7 Å². The zero-order chi connectivity index (χ0) is 15.9. The zero-order valence-corrected chi connectivity index (χ0v) is 12.6. The molecule has 3 rings (SSSR count). The minimum absolute atomic E-state index is 0.00974. The lowest BCUT2D eigenvalue weighted by atomic mass is 10.1. The molecule has 0 bridgehead atoms. The molecule has 0 unspecified atom stereocenters. The summed E-state index contributed by atoms with van der Waals surface area (Å²) in [7, 11) is 1.42. The van der Waals surface area contributed by atoms with E-state index in [9.17, 15) is 13.6 Å². The van der Waals surface area contributed by atoms with Crippen LogP contribution in [0.15, 0.2) is 40.4 Å². The van der Waals surface area contributed by atoms with Crippen LogP contribution >= 0.6 is 11.8 Å². The average Bonchev–Trinajstić information content (AvgIpc) is 2.52. The Morgan fingerprint density at radius 1 is 1.09 bits per heavy atom. The summed E-state index contributed by atoms with van der Waals surface area (Å²) in [6, 6.07) is 2.30. The van der Waals surface area contributed by atoms with E-state index in [2.05, 4.69) is 9.97 Å². The molecule has 0 amide bonds. The Labute approximate surface area is 128 Å². The summed E-state index contributed by atoms with van der Waals surface area (Å²) in [5, 5.41) is 0.0431. The number of rotatable bonds is 2. The first-order chi connectivity index (χ1) is 10.5. The molecule has 22 heavy (non-hydrogen) atoms. The molecule has 0 aliphatic heterocycles. The van der Waals surface area contributed by atoms with E-state index in [-0.39, 0.29) is 22.2 Å². The minimum Gasteiger partial charge on any atom is -0.315 e. The highest BCUT2D eigenvalue weighted by Gasteiger charge is 2.15. The van der Waals surface area contributed by atoms with Gasteiger partial charge in [-0.1, -0.05) is 0 Å². The molecule has 0 atom stereocenters.